The Kier molecular flexibility index (Phi) is 6.02. The molecular formula is C21H23N3O2S2. The Bertz CT molecular complexity index is 901. The van der Waals surface area contributed by atoms with Crippen molar-refractivity contribution in [1.82, 2.24) is 9.88 Å². The lowest BCUT2D eigenvalue weighted by atomic mass is 10.2. The maximum Gasteiger partial charge on any atom is 0.232 e. The van der Waals surface area contributed by atoms with Crippen LogP contribution in [-0.4, -0.2) is 54.8 Å². The molecule has 1 aliphatic heterocycles. The second-order valence-electron chi connectivity index (χ2n) is 6.63. The Hall–Kier alpha value is -2.25. The van der Waals surface area contributed by atoms with Crippen LogP contribution in [0.2, 0.25) is 0 Å². The number of piperazine rings is 1. The Balaban J connectivity index is 1.23. The SMILES string of the molecule is COc1ccc(N2CCN(C(=O)CSCc3nc4ccccc4s3)CC2)cc1. The largest absolute Gasteiger partial charge is 0.497 e. The van der Waals surface area contributed by atoms with Crippen molar-refractivity contribution in [3.63, 3.8) is 0 Å². The number of ether oxygens (including phenoxy) is 1. The molecule has 2 heterocycles. The van der Waals surface area contributed by atoms with Gasteiger partial charge in [0.1, 0.15) is 10.8 Å². The molecule has 3 aromatic rings. The molecule has 1 saturated heterocycles. The molecule has 0 unspecified atom stereocenters. The maximum absolute atomic E-state index is 12.5. The molecule has 0 saturated carbocycles. The van der Waals surface area contributed by atoms with Gasteiger partial charge < -0.3 is 14.5 Å². The van der Waals surface area contributed by atoms with E-state index < -0.39 is 0 Å². The normalized spacial score (nSPS) is 14.5. The molecule has 5 nitrogen and oxygen atoms in total. The van der Waals surface area contributed by atoms with Gasteiger partial charge in [-0.1, -0.05) is 12.1 Å². The number of nitrogens with zero attached hydrogens (tertiary/aromatic N) is 3. The highest BCUT2D eigenvalue weighted by atomic mass is 32.2. The quantitative estimate of drug-likeness (QED) is 0.614. The van der Waals surface area contributed by atoms with E-state index in [2.05, 4.69) is 28.1 Å². The molecule has 0 N–H and O–H groups in total. The average Bonchev–Trinajstić information content (AvgIpc) is 3.16. The number of hydrogen-bond donors (Lipinski definition) is 0. The molecule has 7 heteroatoms. The molecular weight excluding hydrogens is 390 g/mol. The molecule has 1 amide bonds. The second kappa shape index (κ2) is 8.84. The third-order valence-corrected chi connectivity index (χ3v) is 7.01. The van der Waals surface area contributed by atoms with Crippen molar-refractivity contribution in [1.29, 1.82) is 0 Å². The number of anilines is 1. The topological polar surface area (TPSA) is 45.7 Å². The molecule has 28 heavy (non-hydrogen) atoms. The van der Waals surface area contributed by atoms with Crippen molar-refractivity contribution in [3.8, 4) is 5.75 Å². The minimum absolute atomic E-state index is 0.223. The summed E-state index contributed by atoms with van der Waals surface area (Å²) in [5.74, 6) is 2.39. The summed E-state index contributed by atoms with van der Waals surface area (Å²) in [6.45, 7) is 3.26. The van der Waals surface area contributed by atoms with Gasteiger partial charge in [0.25, 0.3) is 0 Å². The lowest BCUT2D eigenvalue weighted by molar-refractivity contribution is -0.128. The van der Waals surface area contributed by atoms with Gasteiger partial charge in [0.2, 0.25) is 5.91 Å². The van der Waals surface area contributed by atoms with Crippen LogP contribution in [0.3, 0.4) is 0 Å². The number of carbonyl (C=O) groups is 1. The van der Waals surface area contributed by atoms with Crippen LogP contribution in [0.25, 0.3) is 10.2 Å². The molecule has 1 aliphatic rings. The van der Waals surface area contributed by atoms with E-state index in [4.69, 9.17) is 4.74 Å². The zero-order valence-corrected chi connectivity index (χ0v) is 17.5. The standard InChI is InChI=1S/C21H23N3O2S2/c1-26-17-8-6-16(7-9-17)23-10-12-24(13-11-23)21(25)15-27-14-20-22-18-4-2-3-5-19(18)28-20/h2-9H,10-15H2,1H3. The summed E-state index contributed by atoms with van der Waals surface area (Å²) in [4.78, 5) is 21.5. The van der Waals surface area contributed by atoms with E-state index >= 15 is 0 Å². The van der Waals surface area contributed by atoms with E-state index in [1.54, 1.807) is 30.2 Å². The van der Waals surface area contributed by atoms with Crippen molar-refractivity contribution in [2.24, 2.45) is 0 Å². The molecule has 0 spiro atoms. The van der Waals surface area contributed by atoms with Crippen molar-refractivity contribution in [2.45, 2.75) is 5.75 Å². The molecule has 1 aromatic heterocycles. The van der Waals surface area contributed by atoms with Gasteiger partial charge in [-0.15, -0.1) is 23.1 Å². The number of aromatic nitrogens is 1. The molecule has 0 bridgehead atoms. The number of amides is 1. The van der Waals surface area contributed by atoms with Crippen molar-refractivity contribution in [3.05, 3.63) is 53.5 Å². The van der Waals surface area contributed by atoms with Crippen molar-refractivity contribution >= 4 is 44.9 Å². The lowest BCUT2D eigenvalue weighted by Crippen LogP contribution is -2.49. The maximum atomic E-state index is 12.5. The first-order valence-electron chi connectivity index (χ1n) is 9.32. The highest BCUT2D eigenvalue weighted by Crippen LogP contribution is 2.25. The zero-order chi connectivity index (χ0) is 19.3. The predicted octanol–water partition coefficient (Wildman–Crippen LogP) is 3.89. The number of thiazole rings is 1. The van der Waals surface area contributed by atoms with Gasteiger partial charge in [-0.25, -0.2) is 4.98 Å². The van der Waals surface area contributed by atoms with Crippen LogP contribution in [0.15, 0.2) is 48.5 Å². The Morgan fingerprint density at radius 3 is 2.57 bits per heavy atom. The van der Waals surface area contributed by atoms with Crippen molar-refractivity contribution < 1.29 is 9.53 Å². The number of para-hydroxylation sites is 1. The van der Waals surface area contributed by atoms with Gasteiger partial charge >= 0.3 is 0 Å². The van der Waals surface area contributed by atoms with E-state index in [0.29, 0.717) is 5.75 Å². The van der Waals surface area contributed by atoms with Crippen LogP contribution in [0.1, 0.15) is 5.01 Å². The number of carbonyl (C=O) groups excluding carboxylic acids is 1. The minimum atomic E-state index is 0.223. The summed E-state index contributed by atoms with van der Waals surface area (Å²) in [6, 6.07) is 16.3. The summed E-state index contributed by atoms with van der Waals surface area (Å²) in [5.41, 5.74) is 2.22. The number of benzene rings is 2. The van der Waals surface area contributed by atoms with E-state index in [1.165, 1.54) is 10.4 Å². The fraction of sp³-hybridized carbons (Fsp3) is 0.333. The third kappa shape index (κ3) is 4.42. The van der Waals surface area contributed by atoms with Crippen LogP contribution in [0, 0.1) is 0 Å². The van der Waals surface area contributed by atoms with Gasteiger partial charge in [-0.2, -0.15) is 0 Å². The number of rotatable bonds is 6. The molecule has 0 radical (unpaired) electrons. The van der Waals surface area contributed by atoms with E-state index in [-0.39, 0.29) is 5.91 Å². The third-order valence-electron chi connectivity index (χ3n) is 4.86. The Labute approximate surface area is 173 Å². The van der Waals surface area contributed by atoms with Crippen LogP contribution in [-0.2, 0) is 10.5 Å². The summed E-state index contributed by atoms with van der Waals surface area (Å²) < 4.78 is 6.42. The summed E-state index contributed by atoms with van der Waals surface area (Å²) >= 11 is 3.37. The van der Waals surface area contributed by atoms with Gasteiger partial charge in [0, 0.05) is 37.6 Å². The van der Waals surface area contributed by atoms with Crippen LogP contribution < -0.4 is 9.64 Å². The number of fused-ring (bicyclic) bond motifs is 1. The van der Waals surface area contributed by atoms with Crippen LogP contribution >= 0.6 is 23.1 Å². The molecule has 146 valence electrons. The zero-order valence-electron chi connectivity index (χ0n) is 15.8. The van der Waals surface area contributed by atoms with Gasteiger partial charge in [0.15, 0.2) is 0 Å². The lowest BCUT2D eigenvalue weighted by Gasteiger charge is -2.36. The van der Waals surface area contributed by atoms with Crippen LogP contribution in [0.5, 0.6) is 5.75 Å². The Morgan fingerprint density at radius 2 is 1.86 bits per heavy atom. The summed E-state index contributed by atoms with van der Waals surface area (Å²) in [7, 11) is 1.67. The fourth-order valence-electron chi connectivity index (χ4n) is 3.31. The van der Waals surface area contributed by atoms with Crippen molar-refractivity contribution in [2.75, 3.05) is 43.9 Å². The van der Waals surface area contributed by atoms with Gasteiger partial charge in [-0.05, 0) is 36.4 Å². The molecule has 1 fully saturated rings. The molecule has 0 aliphatic carbocycles. The van der Waals surface area contributed by atoms with Crippen LogP contribution in [0.4, 0.5) is 5.69 Å². The number of thioether (sulfide) groups is 1. The molecule has 0 atom stereocenters. The van der Waals surface area contributed by atoms with Gasteiger partial charge in [-0.3, -0.25) is 4.79 Å². The molecule has 4 rings (SSSR count). The highest BCUT2D eigenvalue weighted by Gasteiger charge is 2.21. The predicted molar refractivity (Wildman–Crippen MR) is 118 cm³/mol. The Morgan fingerprint density at radius 1 is 1.11 bits per heavy atom. The van der Waals surface area contributed by atoms with E-state index in [0.717, 1.165) is 48.2 Å². The number of hydrogen-bond acceptors (Lipinski definition) is 6. The highest BCUT2D eigenvalue weighted by molar-refractivity contribution is 7.99. The minimum Gasteiger partial charge on any atom is -0.497 e. The smallest absolute Gasteiger partial charge is 0.232 e. The van der Waals surface area contributed by atoms with E-state index in [9.17, 15) is 4.79 Å². The molecule has 2 aromatic carbocycles. The summed E-state index contributed by atoms with van der Waals surface area (Å²) in [5, 5.41) is 1.09. The fourth-order valence-corrected chi connectivity index (χ4v) is 5.25. The first-order chi connectivity index (χ1) is 13.7. The van der Waals surface area contributed by atoms with E-state index in [1.807, 2.05) is 35.2 Å². The average molecular weight is 414 g/mol. The monoisotopic (exact) mass is 413 g/mol. The second-order valence-corrected chi connectivity index (χ2v) is 8.73. The van der Waals surface area contributed by atoms with Gasteiger partial charge in [0.05, 0.1) is 23.1 Å². The number of methoxy groups -OCH3 is 1. The summed E-state index contributed by atoms with van der Waals surface area (Å²) in [6.07, 6.45) is 0. The first kappa shape index (κ1) is 19.1. The first-order valence-corrected chi connectivity index (χ1v) is 11.3.